The van der Waals surface area contributed by atoms with Crippen molar-refractivity contribution in [2.24, 2.45) is 0 Å². The Morgan fingerprint density at radius 3 is 2.67 bits per heavy atom. The summed E-state index contributed by atoms with van der Waals surface area (Å²) >= 11 is 3.47. The molecule has 0 aliphatic heterocycles. The number of nitrogens with one attached hydrogen (secondary N) is 1. The van der Waals surface area contributed by atoms with E-state index in [1.807, 2.05) is 0 Å². The first kappa shape index (κ1) is 14.0. The summed E-state index contributed by atoms with van der Waals surface area (Å²) in [6, 6.07) is 9.38. The minimum atomic E-state index is -0.112. The summed E-state index contributed by atoms with van der Waals surface area (Å²) in [4.78, 5) is 0. The van der Waals surface area contributed by atoms with Gasteiger partial charge in [-0.1, -0.05) is 35.0 Å². The molecule has 0 heterocycles. The predicted octanol–water partition coefficient (Wildman–Crippen LogP) is 3.79. The molecular formula is C15H22BrNO. The molecule has 1 aromatic carbocycles. The van der Waals surface area contributed by atoms with Crippen LogP contribution >= 0.6 is 15.9 Å². The summed E-state index contributed by atoms with van der Waals surface area (Å²) < 4.78 is 1.12. The fourth-order valence-electron chi connectivity index (χ4n) is 2.74. The Hall–Kier alpha value is -0.380. The van der Waals surface area contributed by atoms with E-state index >= 15 is 0 Å². The molecule has 2 nitrogen and oxygen atoms in total. The third-order valence-corrected chi connectivity index (χ3v) is 4.29. The van der Waals surface area contributed by atoms with Crippen LogP contribution in [0.5, 0.6) is 0 Å². The van der Waals surface area contributed by atoms with Gasteiger partial charge in [0.15, 0.2) is 0 Å². The van der Waals surface area contributed by atoms with E-state index in [0.29, 0.717) is 12.1 Å². The number of benzene rings is 1. The molecule has 0 amide bonds. The van der Waals surface area contributed by atoms with E-state index in [9.17, 15) is 5.11 Å². The molecule has 1 fully saturated rings. The lowest BCUT2D eigenvalue weighted by molar-refractivity contribution is 0.108. The van der Waals surface area contributed by atoms with Gasteiger partial charge < -0.3 is 10.4 Å². The van der Waals surface area contributed by atoms with Crippen molar-refractivity contribution in [2.75, 3.05) is 0 Å². The Morgan fingerprint density at radius 1 is 1.33 bits per heavy atom. The second kappa shape index (κ2) is 6.69. The minimum absolute atomic E-state index is 0.112. The third-order valence-electron chi connectivity index (χ3n) is 3.76. The predicted molar refractivity (Wildman–Crippen MR) is 78.6 cm³/mol. The molecule has 1 saturated carbocycles. The van der Waals surface area contributed by atoms with Crippen molar-refractivity contribution in [1.82, 2.24) is 5.32 Å². The highest BCUT2D eigenvalue weighted by atomic mass is 79.9. The molecule has 100 valence electrons. The highest BCUT2D eigenvalue weighted by Gasteiger charge is 2.22. The second-order valence-corrected chi connectivity index (χ2v) is 6.11. The van der Waals surface area contributed by atoms with E-state index in [0.717, 1.165) is 30.2 Å². The van der Waals surface area contributed by atoms with Gasteiger partial charge in [-0.3, -0.25) is 0 Å². The van der Waals surface area contributed by atoms with Crippen LogP contribution in [-0.2, 0) is 0 Å². The molecule has 18 heavy (non-hydrogen) atoms. The van der Waals surface area contributed by atoms with Crippen LogP contribution < -0.4 is 5.32 Å². The molecule has 0 spiro atoms. The average molecular weight is 312 g/mol. The molecule has 0 aromatic heterocycles. The molecule has 2 rings (SSSR count). The molecule has 1 aromatic rings. The lowest BCUT2D eigenvalue weighted by Crippen LogP contribution is -2.38. The van der Waals surface area contributed by atoms with Crippen molar-refractivity contribution in [3.63, 3.8) is 0 Å². The maximum absolute atomic E-state index is 9.73. The van der Waals surface area contributed by atoms with Crippen molar-refractivity contribution in [2.45, 2.75) is 57.2 Å². The van der Waals surface area contributed by atoms with Crippen LogP contribution in [0, 0.1) is 0 Å². The molecule has 0 radical (unpaired) electrons. The summed E-state index contributed by atoms with van der Waals surface area (Å²) in [5, 5.41) is 13.4. The Labute approximate surface area is 118 Å². The highest BCUT2D eigenvalue weighted by Crippen LogP contribution is 2.24. The van der Waals surface area contributed by atoms with E-state index in [2.05, 4.69) is 52.4 Å². The summed E-state index contributed by atoms with van der Waals surface area (Å²) in [5.74, 6) is 0. The third kappa shape index (κ3) is 3.81. The van der Waals surface area contributed by atoms with E-state index in [4.69, 9.17) is 0 Å². The Bertz CT molecular complexity index is 365. The summed E-state index contributed by atoms with van der Waals surface area (Å²) in [6.45, 7) is 2.21. The number of aliphatic hydroxyl groups excluding tert-OH is 1. The minimum Gasteiger partial charge on any atom is -0.393 e. The van der Waals surface area contributed by atoms with Crippen molar-refractivity contribution in [3.8, 4) is 0 Å². The summed E-state index contributed by atoms with van der Waals surface area (Å²) in [5.41, 5.74) is 1.33. The zero-order chi connectivity index (χ0) is 13.0. The number of hydrogen-bond donors (Lipinski definition) is 2. The van der Waals surface area contributed by atoms with Gasteiger partial charge >= 0.3 is 0 Å². The number of rotatable bonds is 4. The van der Waals surface area contributed by atoms with E-state index in [1.54, 1.807) is 0 Å². The van der Waals surface area contributed by atoms with Gasteiger partial charge in [-0.25, -0.2) is 0 Å². The quantitative estimate of drug-likeness (QED) is 0.886. The molecule has 1 aliphatic carbocycles. The monoisotopic (exact) mass is 311 g/mol. The molecule has 0 bridgehead atoms. The lowest BCUT2D eigenvalue weighted by Gasteiger charge is -2.30. The fourth-order valence-corrected chi connectivity index (χ4v) is 3.01. The van der Waals surface area contributed by atoms with Crippen molar-refractivity contribution in [1.29, 1.82) is 0 Å². The van der Waals surface area contributed by atoms with Crippen molar-refractivity contribution in [3.05, 3.63) is 34.3 Å². The van der Waals surface area contributed by atoms with Crippen LogP contribution in [0.15, 0.2) is 28.7 Å². The van der Waals surface area contributed by atoms with Crippen LogP contribution in [0.2, 0.25) is 0 Å². The molecule has 2 N–H and O–H groups in total. The number of halogens is 1. The van der Waals surface area contributed by atoms with Crippen molar-refractivity contribution >= 4 is 15.9 Å². The van der Waals surface area contributed by atoms with E-state index in [1.165, 1.54) is 12.0 Å². The smallest absolute Gasteiger partial charge is 0.0555 e. The Kier molecular flexibility index (Phi) is 5.22. The first-order chi connectivity index (χ1) is 8.69. The standard InChI is InChI=1S/C15H22BrNO/c1-2-15(11-6-8-12(16)9-7-11)17-13-4-3-5-14(18)10-13/h6-9,13-15,17-18H,2-5,10H2,1H3. The molecular weight excluding hydrogens is 290 g/mol. The SMILES string of the molecule is CCC(NC1CCCC(O)C1)c1ccc(Br)cc1. The summed E-state index contributed by atoms with van der Waals surface area (Å²) in [6.07, 6.45) is 5.15. The van der Waals surface area contributed by atoms with E-state index < -0.39 is 0 Å². The summed E-state index contributed by atoms with van der Waals surface area (Å²) in [7, 11) is 0. The normalized spacial score (nSPS) is 25.9. The van der Waals surface area contributed by atoms with Gasteiger partial charge in [0.25, 0.3) is 0 Å². The van der Waals surface area contributed by atoms with Gasteiger partial charge in [0, 0.05) is 16.6 Å². The maximum Gasteiger partial charge on any atom is 0.0555 e. The molecule has 3 atom stereocenters. The first-order valence-corrected chi connectivity index (χ1v) is 7.68. The number of hydrogen-bond acceptors (Lipinski definition) is 2. The van der Waals surface area contributed by atoms with Crippen LogP contribution in [0.4, 0.5) is 0 Å². The zero-order valence-electron chi connectivity index (χ0n) is 10.9. The molecule has 3 heteroatoms. The lowest BCUT2D eigenvalue weighted by atomic mass is 9.91. The fraction of sp³-hybridized carbons (Fsp3) is 0.600. The van der Waals surface area contributed by atoms with Gasteiger partial charge in [0.2, 0.25) is 0 Å². The van der Waals surface area contributed by atoms with Gasteiger partial charge in [0.1, 0.15) is 0 Å². The van der Waals surface area contributed by atoms with Gasteiger partial charge in [0.05, 0.1) is 6.10 Å². The van der Waals surface area contributed by atoms with Gasteiger partial charge in [-0.15, -0.1) is 0 Å². The molecule has 0 saturated heterocycles. The van der Waals surface area contributed by atoms with Crippen LogP contribution in [0.3, 0.4) is 0 Å². The highest BCUT2D eigenvalue weighted by molar-refractivity contribution is 9.10. The Morgan fingerprint density at radius 2 is 2.06 bits per heavy atom. The van der Waals surface area contributed by atoms with Crippen LogP contribution in [0.25, 0.3) is 0 Å². The average Bonchev–Trinajstić information content (AvgIpc) is 2.37. The van der Waals surface area contributed by atoms with E-state index in [-0.39, 0.29) is 6.10 Å². The van der Waals surface area contributed by atoms with Crippen LogP contribution in [-0.4, -0.2) is 17.3 Å². The number of aliphatic hydroxyl groups is 1. The zero-order valence-corrected chi connectivity index (χ0v) is 12.5. The topological polar surface area (TPSA) is 32.3 Å². The van der Waals surface area contributed by atoms with Gasteiger partial charge in [-0.05, 0) is 49.8 Å². The van der Waals surface area contributed by atoms with Crippen molar-refractivity contribution < 1.29 is 5.11 Å². The molecule has 3 unspecified atom stereocenters. The second-order valence-electron chi connectivity index (χ2n) is 5.20. The molecule has 1 aliphatic rings. The Balaban J connectivity index is 1.98. The maximum atomic E-state index is 9.73. The largest absolute Gasteiger partial charge is 0.393 e. The van der Waals surface area contributed by atoms with Crippen LogP contribution in [0.1, 0.15) is 50.6 Å². The first-order valence-electron chi connectivity index (χ1n) is 6.88. The van der Waals surface area contributed by atoms with Gasteiger partial charge in [-0.2, -0.15) is 0 Å².